The van der Waals surface area contributed by atoms with Crippen molar-refractivity contribution in [2.45, 2.75) is 13.0 Å². The molecule has 0 saturated heterocycles. The fourth-order valence-corrected chi connectivity index (χ4v) is 4.50. The molecular formula is C30H25N5O4. The number of nitrogen functional groups attached to an aromatic ring is 2. The molecule has 2 aromatic carbocycles. The maximum atomic E-state index is 13.8. The van der Waals surface area contributed by atoms with E-state index in [2.05, 4.69) is 21.8 Å². The van der Waals surface area contributed by atoms with Crippen molar-refractivity contribution in [2.24, 2.45) is 0 Å². The number of para-hydroxylation sites is 1. The summed E-state index contributed by atoms with van der Waals surface area (Å²) in [5.41, 5.74) is 14.9. The van der Waals surface area contributed by atoms with Crippen molar-refractivity contribution in [2.75, 3.05) is 25.7 Å². The van der Waals surface area contributed by atoms with E-state index in [0.29, 0.717) is 33.9 Å². The number of Topliss-reactive ketones (excluding diaryl/α,β-unsaturated/α-hetero) is 1. The standard InChI is InChI=1S/C30H25N5O4/c1-38-24-10-6-9-19(27(24)39-2)11-13-22-25-23(35(29(22)37)17-18-7-4-3-5-8-18)14-12-20(26(25)36)15-21-16-33-30(32)34-28(21)31/h3-10,12,14,16H,15,17H2,1-2H3,(H4,31,32,33,34). The van der Waals surface area contributed by atoms with Crippen LogP contribution in [0.25, 0.3) is 0 Å². The molecule has 194 valence electrons. The number of ether oxygens (including phenoxy) is 2. The predicted octanol–water partition coefficient (Wildman–Crippen LogP) is 2.98. The van der Waals surface area contributed by atoms with Gasteiger partial charge in [0, 0.05) is 23.8 Å². The first kappa shape index (κ1) is 25.3. The van der Waals surface area contributed by atoms with Crippen LogP contribution < -0.4 is 20.9 Å². The first-order valence-corrected chi connectivity index (χ1v) is 12.1. The van der Waals surface area contributed by atoms with Crippen LogP contribution in [0.1, 0.15) is 16.7 Å². The maximum Gasteiger partial charge on any atom is 0.267 e. The number of aromatic nitrogens is 2. The van der Waals surface area contributed by atoms with Crippen LogP contribution >= 0.6 is 0 Å². The molecule has 1 amide bonds. The Labute approximate surface area is 225 Å². The van der Waals surface area contributed by atoms with Crippen LogP contribution in [0.2, 0.25) is 0 Å². The summed E-state index contributed by atoms with van der Waals surface area (Å²) in [6.07, 6.45) is 5.14. The van der Waals surface area contributed by atoms with Gasteiger partial charge in [-0.1, -0.05) is 54.3 Å². The van der Waals surface area contributed by atoms with Crippen LogP contribution in [-0.4, -0.2) is 40.8 Å². The van der Waals surface area contributed by atoms with E-state index in [9.17, 15) is 9.59 Å². The van der Waals surface area contributed by atoms with Gasteiger partial charge in [0.15, 0.2) is 17.3 Å². The number of nitrogens with zero attached hydrogens (tertiary/aromatic N) is 3. The molecule has 3 aromatic rings. The van der Waals surface area contributed by atoms with Gasteiger partial charge >= 0.3 is 0 Å². The molecule has 1 aliphatic carbocycles. The van der Waals surface area contributed by atoms with Gasteiger partial charge in [-0.15, -0.1) is 0 Å². The van der Waals surface area contributed by atoms with Crippen LogP contribution in [0.3, 0.4) is 0 Å². The highest BCUT2D eigenvalue weighted by molar-refractivity contribution is 6.22. The molecule has 0 saturated carbocycles. The van der Waals surface area contributed by atoms with Crippen LogP contribution in [0, 0.1) is 11.8 Å². The van der Waals surface area contributed by atoms with Gasteiger partial charge in [0.1, 0.15) is 11.4 Å². The van der Waals surface area contributed by atoms with Crippen molar-refractivity contribution in [1.29, 1.82) is 0 Å². The molecule has 0 unspecified atom stereocenters. The lowest BCUT2D eigenvalue weighted by Crippen LogP contribution is -2.26. The molecule has 4 N–H and O–H groups in total. The van der Waals surface area contributed by atoms with Gasteiger partial charge in [-0.25, -0.2) is 4.98 Å². The molecule has 0 atom stereocenters. The summed E-state index contributed by atoms with van der Waals surface area (Å²) >= 11 is 0. The lowest BCUT2D eigenvalue weighted by molar-refractivity contribution is -0.124. The van der Waals surface area contributed by atoms with Crippen molar-refractivity contribution in [3.05, 3.63) is 106 Å². The van der Waals surface area contributed by atoms with E-state index in [1.165, 1.54) is 20.4 Å². The van der Waals surface area contributed by atoms with Gasteiger partial charge in [0.25, 0.3) is 5.91 Å². The summed E-state index contributed by atoms with van der Waals surface area (Å²) in [7, 11) is 3.05. The minimum atomic E-state index is -0.354. The van der Waals surface area contributed by atoms with Gasteiger partial charge in [-0.05, 0) is 23.8 Å². The normalized spacial score (nSPS) is 14.4. The smallest absolute Gasteiger partial charge is 0.267 e. The topological polar surface area (TPSA) is 134 Å². The lowest BCUT2D eigenvalue weighted by atomic mass is 9.90. The van der Waals surface area contributed by atoms with Crippen LogP contribution in [0.5, 0.6) is 11.5 Å². The predicted molar refractivity (Wildman–Crippen MR) is 146 cm³/mol. The number of carbonyl (C=O) groups excluding carboxylic acids is 2. The SMILES string of the molecule is COc1cccc(C#CC2=C3C(=O)C(Cc4cnc(N)nc4N)=CC=C3N(Cc3ccccc3)C2=O)c1OC. The molecule has 9 heteroatoms. The molecule has 0 radical (unpaired) electrons. The van der Waals surface area contributed by atoms with E-state index < -0.39 is 0 Å². The Bertz CT molecular complexity index is 1640. The zero-order valence-electron chi connectivity index (χ0n) is 21.4. The number of hydrogen-bond donors (Lipinski definition) is 2. The molecule has 9 nitrogen and oxygen atoms in total. The quantitative estimate of drug-likeness (QED) is 0.475. The van der Waals surface area contributed by atoms with Gasteiger partial charge in [0.2, 0.25) is 5.95 Å². The summed E-state index contributed by atoms with van der Waals surface area (Å²) in [6.45, 7) is 0.290. The van der Waals surface area contributed by atoms with Gasteiger partial charge in [0.05, 0.1) is 37.6 Å². The van der Waals surface area contributed by atoms with Crippen LogP contribution in [-0.2, 0) is 22.6 Å². The van der Waals surface area contributed by atoms with E-state index in [1.54, 1.807) is 35.3 Å². The number of nitrogens with two attached hydrogens (primary N) is 2. The van der Waals surface area contributed by atoms with Crippen LogP contribution in [0.4, 0.5) is 11.8 Å². The fourth-order valence-electron chi connectivity index (χ4n) is 4.50. The molecule has 2 heterocycles. The van der Waals surface area contributed by atoms with Crippen molar-refractivity contribution >= 4 is 23.5 Å². The van der Waals surface area contributed by atoms with E-state index in [4.69, 9.17) is 20.9 Å². The second-order valence-electron chi connectivity index (χ2n) is 8.81. The Kier molecular flexibility index (Phi) is 6.85. The fraction of sp³-hybridized carbons (Fsp3) is 0.133. The summed E-state index contributed by atoms with van der Waals surface area (Å²) in [6, 6.07) is 14.8. The molecule has 5 rings (SSSR count). The van der Waals surface area contributed by atoms with Crippen molar-refractivity contribution in [3.8, 4) is 23.3 Å². The third-order valence-electron chi connectivity index (χ3n) is 6.42. The zero-order valence-corrected chi connectivity index (χ0v) is 21.4. The average Bonchev–Trinajstić information content (AvgIpc) is 3.21. The summed E-state index contributed by atoms with van der Waals surface area (Å²) < 4.78 is 10.8. The number of amides is 1. The number of hydrogen-bond acceptors (Lipinski definition) is 8. The number of benzene rings is 2. The summed E-state index contributed by atoms with van der Waals surface area (Å²) in [5, 5.41) is 0. The number of rotatable bonds is 6. The lowest BCUT2D eigenvalue weighted by Gasteiger charge is -2.22. The Morgan fingerprint density at radius 3 is 2.46 bits per heavy atom. The van der Waals surface area contributed by atoms with E-state index in [0.717, 1.165) is 5.56 Å². The minimum absolute atomic E-state index is 0.0496. The Morgan fingerprint density at radius 1 is 0.949 bits per heavy atom. The molecule has 0 bridgehead atoms. The highest BCUT2D eigenvalue weighted by atomic mass is 16.5. The highest BCUT2D eigenvalue weighted by Gasteiger charge is 2.40. The molecular weight excluding hydrogens is 494 g/mol. The van der Waals surface area contributed by atoms with E-state index in [1.807, 2.05) is 30.3 Å². The average molecular weight is 520 g/mol. The van der Waals surface area contributed by atoms with E-state index >= 15 is 0 Å². The molecule has 1 aromatic heterocycles. The van der Waals surface area contributed by atoms with Crippen molar-refractivity contribution in [1.82, 2.24) is 14.9 Å². The highest BCUT2D eigenvalue weighted by Crippen LogP contribution is 2.37. The summed E-state index contributed by atoms with van der Waals surface area (Å²) in [5.74, 6) is 6.51. The Morgan fingerprint density at radius 2 is 1.74 bits per heavy atom. The van der Waals surface area contributed by atoms with E-state index in [-0.39, 0.29) is 47.6 Å². The van der Waals surface area contributed by atoms with Gasteiger partial charge in [-0.3, -0.25) is 9.59 Å². The second kappa shape index (κ2) is 10.6. The third-order valence-corrected chi connectivity index (χ3v) is 6.42. The first-order valence-electron chi connectivity index (χ1n) is 12.1. The zero-order chi connectivity index (χ0) is 27.5. The molecule has 1 aliphatic heterocycles. The number of allylic oxidation sites excluding steroid dienone is 4. The number of carbonyl (C=O) groups is 2. The molecule has 0 spiro atoms. The molecule has 2 aliphatic rings. The number of anilines is 2. The number of methoxy groups -OCH3 is 2. The molecule has 39 heavy (non-hydrogen) atoms. The number of fused-ring (bicyclic) bond motifs is 1. The minimum Gasteiger partial charge on any atom is -0.493 e. The van der Waals surface area contributed by atoms with Crippen LogP contribution in [0.15, 0.2) is 89.3 Å². The number of ketones is 1. The second-order valence-corrected chi connectivity index (χ2v) is 8.81. The van der Waals surface area contributed by atoms with Gasteiger partial charge in [-0.2, -0.15) is 4.98 Å². The van der Waals surface area contributed by atoms with Crippen molar-refractivity contribution in [3.63, 3.8) is 0 Å². The third kappa shape index (κ3) is 4.83. The molecule has 0 fully saturated rings. The Balaban J connectivity index is 1.58. The largest absolute Gasteiger partial charge is 0.493 e. The van der Waals surface area contributed by atoms with Crippen molar-refractivity contribution < 1.29 is 19.1 Å². The monoisotopic (exact) mass is 519 g/mol. The first-order chi connectivity index (χ1) is 18.9. The Hall–Kier alpha value is -5.36. The van der Waals surface area contributed by atoms with Gasteiger partial charge < -0.3 is 25.8 Å². The maximum absolute atomic E-state index is 13.8. The summed E-state index contributed by atoms with van der Waals surface area (Å²) in [4.78, 5) is 37.1.